The minimum absolute atomic E-state index is 0.0516. The summed E-state index contributed by atoms with van der Waals surface area (Å²) in [5.74, 6) is -0.913. The van der Waals surface area contributed by atoms with Gasteiger partial charge in [0.25, 0.3) is 0 Å². The first-order valence-corrected chi connectivity index (χ1v) is 5.12. The normalized spacial score (nSPS) is 14.8. The fourth-order valence-corrected chi connectivity index (χ4v) is 1.48. The highest BCUT2D eigenvalue weighted by Gasteiger charge is 2.06. The Morgan fingerprint density at radius 1 is 1.33 bits per heavy atom. The van der Waals surface area contributed by atoms with Gasteiger partial charge in [-0.1, -0.05) is 5.57 Å². The third-order valence-electron chi connectivity index (χ3n) is 2.28. The SMILES string of the molecule is O=C(O)CCNC(=O)NC=C1CCCC1. The van der Waals surface area contributed by atoms with E-state index in [9.17, 15) is 9.59 Å². The molecule has 0 aliphatic heterocycles. The largest absolute Gasteiger partial charge is 0.481 e. The average molecular weight is 212 g/mol. The fourth-order valence-electron chi connectivity index (χ4n) is 1.48. The van der Waals surface area contributed by atoms with Gasteiger partial charge in [-0.05, 0) is 25.7 Å². The molecule has 3 N–H and O–H groups in total. The summed E-state index contributed by atoms with van der Waals surface area (Å²) >= 11 is 0. The van der Waals surface area contributed by atoms with Crippen LogP contribution in [0.5, 0.6) is 0 Å². The summed E-state index contributed by atoms with van der Waals surface area (Å²) in [5, 5.41) is 13.4. The van der Waals surface area contributed by atoms with Gasteiger partial charge in [0, 0.05) is 12.7 Å². The van der Waals surface area contributed by atoms with Crippen molar-refractivity contribution in [1.82, 2.24) is 10.6 Å². The second-order valence-corrected chi connectivity index (χ2v) is 3.55. The topological polar surface area (TPSA) is 78.4 Å². The smallest absolute Gasteiger partial charge is 0.318 e. The van der Waals surface area contributed by atoms with Crippen LogP contribution in [-0.4, -0.2) is 23.7 Å². The van der Waals surface area contributed by atoms with Gasteiger partial charge < -0.3 is 15.7 Å². The Balaban J connectivity index is 2.12. The maximum atomic E-state index is 11.1. The number of carboxylic acids is 1. The van der Waals surface area contributed by atoms with Crippen molar-refractivity contribution in [1.29, 1.82) is 0 Å². The zero-order valence-corrected chi connectivity index (χ0v) is 8.58. The van der Waals surface area contributed by atoms with Crippen molar-refractivity contribution < 1.29 is 14.7 Å². The summed E-state index contributed by atoms with van der Waals surface area (Å²) < 4.78 is 0. The Morgan fingerprint density at radius 2 is 2.00 bits per heavy atom. The predicted molar refractivity (Wildman–Crippen MR) is 55.3 cm³/mol. The van der Waals surface area contributed by atoms with Gasteiger partial charge in [-0.3, -0.25) is 4.79 Å². The molecule has 5 nitrogen and oxygen atoms in total. The van der Waals surface area contributed by atoms with Crippen molar-refractivity contribution >= 4 is 12.0 Å². The number of amides is 2. The first-order chi connectivity index (χ1) is 7.18. The summed E-state index contributed by atoms with van der Waals surface area (Å²) in [4.78, 5) is 21.3. The standard InChI is InChI=1S/C10H16N2O3/c13-9(14)5-6-11-10(15)12-7-8-3-1-2-4-8/h7H,1-6H2,(H,13,14)(H2,11,12,15). The van der Waals surface area contributed by atoms with Gasteiger partial charge in [0.05, 0.1) is 6.42 Å². The van der Waals surface area contributed by atoms with Crippen molar-refractivity contribution in [3.63, 3.8) is 0 Å². The van der Waals surface area contributed by atoms with E-state index in [-0.39, 0.29) is 19.0 Å². The lowest BCUT2D eigenvalue weighted by molar-refractivity contribution is -0.136. The Bertz CT molecular complexity index is 266. The molecule has 2 amide bonds. The van der Waals surface area contributed by atoms with E-state index in [1.165, 1.54) is 18.4 Å². The van der Waals surface area contributed by atoms with E-state index in [2.05, 4.69) is 10.6 Å². The molecule has 0 saturated heterocycles. The molecule has 0 aromatic heterocycles. The number of allylic oxidation sites excluding steroid dienone is 1. The first kappa shape index (κ1) is 11.6. The van der Waals surface area contributed by atoms with Crippen LogP contribution in [0.15, 0.2) is 11.8 Å². The van der Waals surface area contributed by atoms with Crippen molar-refractivity contribution in [3.05, 3.63) is 11.8 Å². The number of aliphatic carboxylic acids is 1. The van der Waals surface area contributed by atoms with Crippen molar-refractivity contribution in [3.8, 4) is 0 Å². The molecule has 1 saturated carbocycles. The molecule has 0 aromatic carbocycles. The molecule has 0 heterocycles. The second kappa shape index (κ2) is 6.06. The van der Waals surface area contributed by atoms with Crippen molar-refractivity contribution in [2.75, 3.05) is 6.54 Å². The highest BCUT2D eigenvalue weighted by atomic mass is 16.4. The lowest BCUT2D eigenvalue weighted by atomic mass is 10.2. The van der Waals surface area contributed by atoms with Crippen molar-refractivity contribution in [2.24, 2.45) is 0 Å². The van der Waals surface area contributed by atoms with Gasteiger partial charge in [-0.2, -0.15) is 0 Å². The summed E-state index contributed by atoms with van der Waals surface area (Å²) in [6.07, 6.45) is 6.15. The molecular weight excluding hydrogens is 196 g/mol. The lowest BCUT2D eigenvalue weighted by Gasteiger charge is -2.03. The number of carbonyl (C=O) groups excluding carboxylic acids is 1. The molecule has 1 rings (SSSR count). The highest BCUT2D eigenvalue weighted by Crippen LogP contribution is 2.22. The van der Waals surface area contributed by atoms with Crippen LogP contribution in [0.1, 0.15) is 32.1 Å². The number of carbonyl (C=O) groups is 2. The van der Waals surface area contributed by atoms with Gasteiger partial charge in [0.15, 0.2) is 0 Å². The van der Waals surface area contributed by atoms with Crippen LogP contribution in [0.4, 0.5) is 4.79 Å². The summed E-state index contributed by atoms with van der Waals surface area (Å²) in [6.45, 7) is 0.157. The second-order valence-electron chi connectivity index (χ2n) is 3.55. The maximum Gasteiger partial charge on any atom is 0.318 e. The van der Waals surface area contributed by atoms with Gasteiger partial charge >= 0.3 is 12.0 Å². The summed E-state index contributed by atoms with van der Waals surface area (Å²) in [5.41, 5.74) is 1.25. The van der Waals surface area contributed by atoms with Crippen LogP contribution in [0, 0.1) is 0 Å². The van der Waals surface area contributed by atoms with Crippen LogP contribution < -0.4 is 10.6 Å². The van der Waals surface area contributed by atoms with Gasteiger partial charge in [0.1, 0.15) is 0 Å². The number of rotatable bonds is 4. The Hall–Kier alpha value is -1.52. The number of urea groups is 1. The highest BCUT2D eigenvalue weighted by molar-refractivity contribution is 5.75. The van der Waals surface area contributed by atoms with E-state index < -0.39 is 5.97 Å². The van der Waals surface area contributed by atoms with E-state index in [0.29, 0.717) is 0 Å². The molecule has 0 unspecified atom stereocenters. The minimum atomic E-state index is -0.913. The molecule has 0 aromatic rings. The van der Waals surface area contributed by atoms with Gasteiger partial charge in [0.2, 0.25) is 0 Å². The Kier molecular flexibility index (Phi) is 4.66. The van der Waals surface area contributed by atoms with E-state index in [0.717, 1.165) is 12.8 Å². The van der Waals surface area contributed by atoms with E-state index in [1.54, 1.807) is 6.20 Å². The molecule has 15 heavy (non-hydrogen) atoms. The van der Waals surface area contributed by atoms with Gasteiger partial charge in [-0.25, -0.2) is 4.79 Å². The Morgan fingerprint density at radius 3 is 2.60 bits per heavy atom. The third kappa shape index (κ3) is 5.05. The molecule has 0 spiro atoms. The molecule has 0 bridgehead atoms. The molecule has 0 atom stereocenters. The predicted octanol–water partition coefficient (Wildman–Crippen LogP) is 1.22. The fraction of sp³-hybridized carbons (Fsp3) is 0.600. The van der Waals surface area contributed by atoms with Crippen LogP contribution in [0.25, 0.3) is 0 Å². The van der Waals surface area contributed by atoms with E-state index in [1.807, 2.05) is 0 Å². The first-order valence-electron chi connectivity index (χ1n) is 5.12. The molecule has 1 aliphatic carbocycles. The van der Waals surface area contributed by atoms with Gasteiger partial charge in [-0.15, -0.1) is 0 Å². The molecule has 5 heteroatoms. The number of nitrogens with one attached hydrogen (secondary N) is 2. The lowest BCUT2D eigenvalue weighted by Crippen LogP contribution is -2.33. The zero-order chi connectivity index (χ0) is 11.1. The number of hydrogen-bond acceptors (Lipinski definition) is 2. The quantitative estimate of drug-likeness (QED) is 0.655. The van der Waals surface area contributed by atoms with Crippen LogP contribution in [0.3, 0.4) is 0 Å². The Labute approximate surface area is 88.5 Å². The molecular formula is C10H16N2O3. The minimum Gasteiger partial charge on any atom is -0.481 e. The number of carboxylic acid groups (broad SMARTS) is 1. The summed E-state index contributed by atoms with van der Waals surface area (Å²) in [6, 6.07) is -0.337. The molecule has 1 aliphatic rings. The van der Waals surface area contributed by atoms with E-state index >= 15 is 0 Å². The average Bonchev–Trinajstić information content (AvgIpc) is 2.66. The van der Waals surface area contributed by atoms with E-state index in [4.69, 9.17) is 5.11 Å². The monoisotopic (exact) mass is 212 g/mol. The van der Waals surface area contributed by atoms with Crippen molar-refractivity contribution in [2.45, 2.75) is 32.1 Å². The summed E-state index contributed by atoms with van der Waals surface area (Å²) in [7, 11) is 0. The third-order valence-corrected chi connectivity index (χ3v) is 2.28. The van der Waals surface area contributed by atoms with Crippen LogP contribution >= 0.6 is 0 Å². The molecule has 0 radical (unpaired) electrons. The maximum absolute atomic E-state index is 11.1. The number of hydrogen-bond donors (Lipinski definition) is 3. The zero-order valence-electron chi connectivity index (χ0n) is 8.58. The van der Waals surface area contributed by atoms with Crippen LogP contribution in [-0.2, 0) is 4.79 Å². The van der Waals surface area contributed by atoms with Crippen LogP contribution in [0.2, 0.25) is 0 Å². The molecule has 1 fully saturated rings. The molecule has 84 valence electrons.